The van der Waals surface area contributed by atoms with E-state index in [4.69, 9.17) is 0 Å². The standard InChI is InChI=1S/C19H16N4S.C14H15N5S.C13H13N5S.C12H11N5S/c1-3-7-15(8-4-1)12-23-13-16(11-20-23)18-14-24-19(22-18)21-17-9-5-2-6-10-17;1-10(2)19-8-11(7-16-19)12-9-20-14(17-12)18-13-5-3-4-6-15-13;1-2-18-8-10(7-15-18)11-9-19-13(16-11)17-12-5-3-4-6-14-12;1-17-7-9(6-14-17)10-8-18-12(15-10)16-11-4-2-3-5-13-11/h1-11,13-14H,12H2,(H,21,22);3-10H,1-2H3,(H,15,17,18);3-9H,2H2,1H3,(H,14,16,17);2-8H,1H3,(H,13,15,16). The molecule has 406 valence electrons. The van der Waals surface area contributed by atoms with Gasteiger partial charge in [-0.1, -0.05) is 66.7 Å². The number of aromatic nitrogens is 15. The lowest BCUT2D eigenvalue weighted by atomic mass is 10.2. The fourth-order valence-corrected chi connectivity index (χ4v) is 10.4. The predicted molar refractivity (Wildman–Crippen MR) is 328 cm³/mol. The largest absolute Gasteiger partial charge is 0.332 e. The molecule has 0 radical (unpaired) electrons. The van der Waals surface area contributed by atoms with E-state index in [-0.39, 0.29) is 0 Å². The number of rotatable bonds is 16. The van der Waals surface area contributed by atoms with Crippen molar-refractivity contribution in [1.29, 1.82) is 0 Å². The molecule has 81 heavy (non-hydrogen) atoms. The first kappa shape index (κ1) is 54.8. The van der Waals surface area contributed by atoms with Crippen molar-refractivity contribution in [3.05, 3.63) is 211 Å². The van der Waals surface area contributed by atoms with E-state index in [0.717, 1.165) is 102 Å². The van der Waals surface area contributed by atoms with Gasteiger partial charge in [0.05, 0.1) is 54.1 Å². The van der Waals surface area contributed by atoms with Crippen molar-refractivity contribution < 1.29 is 0 Å². The van der Waals surface area contributed by atoms with Gasteiger partial charge in [0.2, 0.25) is 0 Å². The fraction of sp³-hybridized carbons (Fsp3) is 0.121. The van der Waals surface area contributed by atoms with E-state index < -0.39 is 0 Å². The second-order valence-electron chi connectivity index (χ2n) is 17.9. The zero-order valence-corrected chi connectivity index (χ0v) is 47.7. The number of anilines is 8. The van der Waals surface area contributed by atoms with Crippen LogP contribution in [0.15, 0.2) is 205 Å². The average Bonchev–Trinajstić information content (AvgIpc) is 4.35. The molecule has 0 atom stereocenters. The van der Waals surface area contributed by atoms with E-state index in [9.17, 15) is 0 Å². The Morgan fingerprint density at radius 1 is 0.432 bits per heavy atom. The normalized spacial score (nSPS) is 10.7. The number of nitrogens with one attached hydrogen (secondary N) is 4. The molecular weight excluding hydrogens is 1090 g/mol. The van der Waals surface area contributed by atoms with Gasteiger partial charge in [-0.3, -0.25) is 18.7 Å². The van der Waals surface area contributed by atoms with Crippen LogP contribution in [0.25, 0.3) is 45.0 Å². The molecule has 13 rings (SSSR count). The first-order valence-electron chi connectivity index (χ1n) is 25.6. The lowest BCUT2D eigenvalue weighted by molar-refractivity contribution is 0.532. The Bertz CT molecular complexity index is 3840. The number of hydrogen-bond acceptors (Lipinski definition) is 19. The number of hydrogen-bond donors (Lipinski definition) is 4. The summed E-state index contributed by atoms with van der Waals surface area (Å²) in [6.07, 6.45) is 20.6. The van der Waals surface area contributed by atoms with Crippen LogP contribution in [0.2, 0.25) is 0 Å². The van der Waals surface area contributed by atoms with Gasteiger partial charge >= 0.3 is 0 Å². The van der Waals surface area contributed by atoms with Crippen LogP contribution in [0.1, 0.15) is 32.4 Å². The van der Waals surface area contributed by atoms with E-state index in [1.807, 2.05) is 184 Å². The number of benzene rings is 2. The van der Waals surface area contributed by atoms with Crippen LogP contribution in [0, 0.1) is 0 Å². The van der Waals surface area contributed by atoms with Crippen LogP contribution in [0.4, 0.5) is 43.7 Å². The summed E-state index contributed by atoms with van der Waals surface area (Å²) in [6.45, 7) is 7.90. The van der Waals surface area contributed by atoms with Crippen molar-refractivity contribution in [2.75, 3.05) is 21.3 Å². The molecule has 0 fully saturated rings. The second-order valence-corrected chi connectivity index (χ2v) is 21.3. The van der Waals surface area contributed by atoms with Gasteiger partial charge in [0.1, 0.15) is 17.5 Å². The first-order chi connectivity index (χ1) is 39.7. The van der Waals surface area contributed by atoms with Gasteiger partial charge in [0.25, 0.3) is 0 Å². The molecule has 0 aliphatic carbocycles. The minimum absolute atomic E-state index is 0.355. The van der Waals surface area contributed by atoms with Gasteiger partial charge in [-0.2, -0.15) is 20.4 Å². The molecule has 11 aromatic heterocycles. The number of thiazole rings is 4. The highest BCUT2D eigenvalue weighted by Crippen LogP contribution is 2.30. The van der Waals surface area contributed by atoms with Crippen molar-refractivity contribution in [1.82, 2.24) is 74.0 Å². The molecule has 11 heterocycles. The highest BCUT2D eigenvalue weighted by molar-refractivity contribution is 7.15. The Morgan fingerprint density at radius 2 is 0.840 bits per heavy atom. The predicted octanol–water partition coefficient (Wildman–Crippen LogP) is 14.4. The Hall–Kier alpha value is -9.55. The summed E-state index contributed by atoms with van der Waals surface area (Å²) in [4.78, 5) is 30.9. The average molecular weight is 1150 g/mol. The third-order valence-electron chi connectivity index (χ3n) is 11.5. The summed E-state index contributed by atoms with van der Waals surface area (Å²) in [7, 11) is 1.89. The highest BCUT2D eigenvalue weighted by atomic mass is 32.1. The number of aryl methyl sites for hydroxylation is 2. The summed E-state index contributed by atoms with van der Waals surface area (Å²) >= 11 is 6.26. The minimum atomic E-state index is 0.355. The molecule has 0 aliphatic heterocycles. The third kappa shape index (κ3) is 15.8. The van der Waals surface area contributed by atoms with Crippen molar-refractivity contribution >= 4 is 89.0 Å². The molecule has 23 heteroatoms. The molecule has 13 aromatic rings. The van der Waals surface area contributed by atoms with Crippen LogP contribution in [-0.4, -0.2) is 74.0 Å². The van der Waals surface area contributed by atoms with Crippen LogP contribution in [0.5, 0.6) is 0 Å². The van der Waals surface area contributed by atoms with E-state index in [2.05, 4.69) is 115 Å². The van der Waals surface area contributed by atoms with Crippen molar-refractivity contribution in [2.45, 2.75) is 39.9 Å². The Kier molecular flexibility index (Phi) is 18.5. The first-order valence-corrected chi connectivity index (χ1v) is 29.1. The maximum Gasteiger partial charge on any atom is 0.188 e. The quantitative estimate of drug-likeness (QED) is 0.0709. The third-order valence-corrected chi connectivity index (χ3v) is 14.6. The highest BCUT2D eigenvalue weighted by Gasteiger charge is 2.12. The summed E-state index contributed by atoms with van der Waals surface area (Å²) in [5, 5.41) is 41.5. The second kappa shape index (κ2) is 27.4. The molecule has 19 nitrogen and oxygen atoms in total. The molecule has 0 bridgehead atoms. The van der Waals surface area contributed by atoms with Crippen LogP contribution < -0.4 is 21.3 Å². The fourth-order valence-electron chi connectivity index (χ4n) is 7.47. The molecule has 0 aliphatic rings. The van der Waals surface area contributed by atoms with Crippen molar-refractivity contribution in [3.63, 3.8) is 0 Å². The lowest BCUT2D eigenvalue weighted by Crippen LogP contribution is -1.99. The Balaban J connectivity index is 0.000000122. The van der Waals surface area contributed by atoms with Crippen LogP contribution in [-0.2, 0) is 20.1 Å². The zero-order chi connectivity index (χ0) is 55.6. The molecule has 2 aromatic carbocycles. The van der Waals surface area contributed by atoms with E-state index >= 15 is 0 Å². The van der Waals surface area contributed by atoms with Crippen molar-refractivity contribution in [2.24, 2.45) is 7.05 Å². The topological polar surface area (TPSA) is 210 Å². The minimum Gasteiger partial charge on any atom is -0.332 e. The molecule has 0 unspecified atom stereocenters. The molecule has 0 saturated heterocycles. The van der Waals surface area contributed by atoms with E-state index in [1.165, 1.54) is 5.56 Å². The molecule has 0 amide bonds. The van der Waals surface area contributed by atoms with Gasteiger partial charge < -0.3 is 21.3 Å². The smallest absolute Gasteiger partial charge is 0.188 e. The van der Waals surface area contributed by atoms with Crippen LogP contribution in [0.3, 0.4) is 0 Å². The molecule has 0 saturated carbocycles. The van der Waals surface area contributed by atoms with E-state index in [1.54, 1.807) is 74.8 Å². The summed E-state index contributed by atoms with van der Waals surface area (Å²) in [5.41, 5.74) is 10.1. The number of para-hydroxylation sites is 1. The summed E-state index contributed by atoms with van der Waals surface area (Å²) < 4.78 is 7.52. The molecular formula is C58H55N19S4. The molecule has 0 spiro atoms. The van der Waals surface area contributed by atoms with Crippen LogP contribution >= 0.6 is 45.3 Å². The van der Waals surface area contributed by atoms with Gasteiger partial charge in [0, 0.05) is 112 Å². The monoisotopic (exact) mass is 1150 g/mol. The van der Waals surface area contributed by atoms with E-state index in [0.29, 0.717) is 6.04 Å². The van der Waals surface area contributed by atoms with Gasteiger partial charge in [0.15, 0.2) is 20.5 Å². The molecule has 4 N–H and O–H groups in total. The maximum absolute atomic E-state index is 4.65. The lowest BCUT2D eigenvalue weighted by Gasteiger charge is -2.02. The maximum atomic E-state index is 4.65. The van der Waals surface area contributed by atoms with Gasteiger partial charge in [-0.15, -0.1) is 45.3 Å². The van der Waals surface area contributed by atoms with Gasteiger partial charge in [-0.05, 0) is 74.9 Å². The SMILES string of the molecule is CC(C)n1cc(-c2csc(Nc3ccccn3)n2)cn1.CCn1cc(-c2csc(Nc3ccccn3)n2)cn1.Cn1cc(-c2csc(Nc3ccccn3)n2)cn1.c1ccc(Cn2cc(-c3csc(Nc4ccccc4)n3)cn2)cc1. The Morgan fingerprint density at radius 3 is 1.26 bits per heavy atom. The Labute approximate surface area is 483 Å². The summed E-state index contributed by atoms with van der Waals surface area (Å²) in [5.74, 6) is 2.39. The van der Waals surface area contributed by atoms with Crippen molar-refractivity contribution in [3.8, 4) is 45.0 Å². The zero-order valence-electron chi connectivity index (χ0n) is 44.5. The van der Waals surface area contributed by atoms with Gasteiger partial charge in [-0.25, -0.2) is 34.9 Å². The number of nitrogens with zero attached hydrogens (tertiary/aromatic N) is 15. The number of pyridine rings is 3. The summed E-state index contributed by atoms with van der Waals surface area (Å²) in [6, 6.07) is 37.9.